The predicted octanol–water partition coefficient (Wildman–Crippen LogP) is 2.55. The maximum Gasteiger partial charge on any atom is 0.116 e. The Bertz CT molecular complexity index is 466. The summed E-state index contributed by atoms with van der Waals surface area (Å²) in [5, 5.41) is 21.3. The highest BCUT2D eigenvalue weighted by Crippen LogP contribution is 2.34. The maximum atomic E-state index is 9.52. The van der Waals surface area contributed by atoms with Gasteiger partial charge in [0, 0.05) is 0 Å². The zero-order chi connectivity index (χ0) is 12.3. The average molecular weight is 246 g/mol. The highest BCUT2D eigenvalue weighted by molar-refractivity contribution is 7.72. The Morgan fingerprint density at radius 1 is 0.882 bits per heavy atom. The minimum Gasteiger partial charge on any atom is -0.508 e. The summed E-state index contributed by atoms with van der Waals surface area (Å²) in [6.07, 6.45) is 0.988. The van der Waals surface area contributed by atoms with Gasteiger partial charge in [-0.3, -0.25) is 0 Å². The van der Waals surface area contributed by atoms with Crippen molar-refractivity contribution in [2.24, 2.45) is 0 Å². The molecule has 0 aliphatic carbocycles. The van der Waals surface area contributed by atoms with Crippen LogP contribution in [0.4, 0.5) is 0 Å². The molecule has 0 heterocycles. The molecule has 88 valence electrons. The first kappa shape index (κ1) is 11.9. The molecule has 2 aromatic rings. The monoisotopic (exact) mass is 246 g/mol. The number of benzene rings is 2. The van der Waals surface area contributed by atoms with Crippen molar-refractivity contribution in [3.63, 3.8) is 0 Å². The van der Waals surface area contributed by atoms with Gasteiger partial charge in [-0.25, -0.2) is 0 Å². The average Bonchev–Trinajstić information content (AvgIpc) is 2.30. The Hall–Kier alpha value is -1.53. The normalized spacial score (nSPS) is 10.7. The number of rotatable bonds is 3. The molecule has 0 aliphatic rings. The Morgan fingerprint density at radius 3 is 1.71 bits per heavy atom. The molecule has 0 unspecified atom stereocenters. The molecule has 0 atom stereocenters. The van der Waals surface area contributed by atoms with Gasteiger partial charge in [0.1, 0.15) is 11.5 Å². The molecule has 0 saturated heterocycles. The second kappa shape index (κ2) is 5.20. The molecule has 0 radical (unpaired) electrons. The molecule has 0 aliphatic heterocycles. The Morgan fingerprint density at radius 2 is 1.35 bits per heavy atom. The lowest BCUT2D eigenvalue weighted by Crippen LogP contribution is -2.12. The fraction of sp³-hybridized carbons (Fsp3) is 0.143. The molecule has 2 N–H and O–H groups in total. The smallest absolute Gasteiger partial charge is 0.116 e. The minimum absolute atomic E-state index is 0.295. The molecule has 0 saturated carbocycles. The van der Waals surface area contributed by atoms with E-state index < -0.39 is 7.92 Å². The second-order valence-corrected chi connectivity index (χ2v) is 6.31. The van der Waals surface area contributed by atoms with Crippen molar-refractivity contribution in [3.8, 4) is 11.5 Å². The standard InChI is InChI=1S/C14H15O2P/c1-2-17(13-7-3-5-11(15)9-13)14-8-4-6-12(16)10-14/h3-10,15-16H,2H2,1H3. The zero-order valence-electron chi connectivity index (χ0n) is 9.67. The lowest BCUT2D eigenvalue weighted by atomic mass is 10.3. The van der Waals surface area contributed by atoms with Gasteiger partial charge in [-0.2, -0.15) is 0 Å². The number of hydrogen-bond acceptors (Lipinski definition) is 2. The molecule has 0 amide bonds. The van der Waals surface area contributed by atoms with Crippen molar-refractivity contribution >= 4 is 18.5 Å². The van der Waals surface area contributed by atoms with E-state index in [0.717, 1.165) is 16.8 Å². The van der Waals surface area contributed by atoms with Crippen LogP contribution in [0.5, 0.6) is 11.5 Å². The van der Waals surface area contributed by atoms with Gasteiger partial charge in [0.05, 0.1) is 0 Å². The number of hydrogen-bond donors (Lipinski definition) is 2. The minimum atomic E-state index is -0.501. The lowest BCUT2D eigenvalue weighted by Gasteiger charge is -2.16. The summed E-state index contributed by atoms with van der Waals surface area (Å²) in [6.45, 7) is 2.12. The highest BCUT2D eigenvalue weighted by atomic mass is 31.1. The Labute approximate surface area is 102 Å². The van der Waals surface area contributed by atoms with E-state index in [1.807, 2.05) is 24.3 Å². The molecule has 3 heteroatoms. The second-order valence-electron chi connectivity index (χ2n) is 3.78. The van der Waals surface area contributed by atoms with Gasteiger partial charge in [-0.1, -0.05) is 31.2 Å². The first-order valence-corrected chi connectivity index (χ1v) is 7.09. The number of aromatic hydroxyl groups is 2. The van der Waals surface area contributed by atoms with Crippen molar-refractivity contribution < 1.29 is 10.2 Å². The van der Waals surface area contributed by atoms with Crippen LogP contribution >= 0.6 is 7.92 Å². The number of phenolic OH excluding ortho intramolecular Hbond substituents is 2. The van der Waals surface area contributed by atoms with Gasteiger partial charge in [-0.15, -0.1) is 0 Å². The van der Waals surface area contributed by atoms with Crippen molar-refractivity contribution in [2.75, 3.05) is 6.16 Å². The van der Waals surface area contributed by atoms with Crippen molar-refractivity contribution in [1.29, 1.82) is 0 Å². The van der Waals surface area contributed by atoms with Crippen LogP contribution in [0.2, 0.25) is 0 Å². The maximum absolute atomic E-state index is 9.52. The first-order chi connectivity index (χ1) is 8.20. The molecular formula is C14H15O2P. The summed E-state index contributed by atoms with van der Waals surface area (Å²) in [5.74, 6) is 0.590. The van der Waals surface area contributed by atoms with Crippen molar-refractivity contribution in [1.82, 2.24) is 0 Å². The summed E-state index contributed by atoms with van der Waals surface area (Å²) in [5.41, 5.74) is 0. The third-order valence-corrected chi connectivity index (χ3v) is 5.03. The summed E-state index contributed by atoms with van der Waals surface area (Å²) in [6, 6.07) is 14.7. The van der Waals surface area contributed by atoms with E-state index in [1.165, 1.54) is 0 Å². The molecule has 2 rings (SSSR count). The quantitative estimate of drug-likeness (QED) is 0.817. The Balaban J connectivity index is 2.40. The third-order valence-electron chi connectivity index (χ3n) is 2.60. The first-order valence-electron chi connectivity index (χ1n) is 5.56. The van der Waals surface area contributed by atoms with Crippen LogP contribution in [-0.2, 0) is 0 Å². The van der Waals surface area contributed by atoms with Crippen molar-refractivity contribution in [3.05, 3.63) is 48.5 Å². The predicted molar refractivity (Wildman–Crippen MR) is 72.9 cm³/mol. The highest BCUT2D eigenvalue weighted by Gasteiger charge is 2.12. The topological polar surface area (TPSA) is 40.5 Å². The molecular weight excluding hydrogens is 231 g/mol. The summed E-state index contributed by atoms with van der Waals surface area (Å²) < 4.78 is 0. The van der Waals surface area contributed by atoms with E-state index in [9.17, 15) is 10.2 Å². The molecule has 0 spiro atoms. The molecule has 0 bridgehead atoms. The zero-order valence-corrected chi connectivity index (χ0v) is 10.6. The van der Waals surface area contributed by atoms with E-state index in [0.29, 0.717) is 11.5 Å². The van der Waals surface area contributed by atoms with E-state index in [2.05, 4.69) is 6.92 Å². The lowest BCUT2D eigenvalue weighted by molar-refractivity contribution is 0.475. The molecule has 0 fully saturated rings. The van der Waals surface area contributed by atoms with Gasteiger partial charge in [0.25, 0.3) is 0 Å². The Kier molecular flexibility index (Phi) is 3.65. The van der Waals surface area contributed by atoms with E-state index in [1.54, 1.807) is 24.3 Å². The van der Waals surface area contributed by atoms with Crippen LogP contribution in [-0.4, -0.2) is 16.4 Å². The molecule has 17 heavy (non-hydrogen) atoms. The third kappa shape index (κ3) is 2.78. The van der Waals surface area contributed by atoms with Gasteiger partial charge in [0.2, 0.25) is 0 Å². The number of phenols is 2. The summed E-state index contributed by atoms with van der Waals surface area (Å²) in [4.78, 5) is 0. The van der Waals surface area contributed by atoms with Gasteiger partial charge in [-0.05, 0) is 49.0 Å². The molecule has 2 nitrogen and oxygen atoms in total. The van der Waals surface area contributed by atoms with Gasteiger partial charge in [0.15, 0.2) is 0 Å². The fourth-order valence-corrected chi connectivity index (χ4v) is 3.97. The van der Waals surface area contributed by atoms with Crippen LogP contribution < -0.4 is 10.6 Å². The van der Waals surface area contributed by atoms with E-state index in [4.69, 9.17) is 0 Å². The van der Waals surface area contributed by atoms with Crippen LogP contribution in [0.1, 0.15) is 6.92 Å². The fourth-order valence-electron chi connectivity index (χ4n) is 1.84. The van der Waals surface area contributed by atoms with E-state index in [-0.39, 0.29) is 0 Å². The molecule has 0 aromatic heterocycles. The summed E-state index contributed by atoms with van der Waals surface area (Å²) >= 11 is 0. The van der Waals surface area contributed by atoms with Crippen LogP contribution in [0.15, 0.2) is 48.5 Å². The largest absolute Gasteiger partial charge is 0.508 e. The van der Waals surface area contributed by atoms with Crippen LogP contribution in [0, 0.1) is 0 Å². The van der Waals surface area contributed by atoms with Crippen LogP contribution in [0.3, 0.4) is 0 Å². The van der Waals surface area contributed by atoms with Gasteiger partial charge < -0.3 is 10.2 Å². The van der Waals surface area contributed by atoms with Gasteiger partial charge >= 0.3 is 0 Å². The SMILES string of the molecule is CCP(c1cccc(O)c1)c1cccc(O)c1. The summed E-state index contributed by atoms with van der Waals surface area (Å²) in [7, 11) is -0.501. The molecule has 2 aromatic carbocycles. The van der Waals surface area contributed by atoms with E-state index >= 15 is 0 Å². The van der Waals surface area contributed by atoms with Crippen LogP contribution in [0.25, 0.3) is 0 Å². The van der Waals surface area contributed by atoms with Crippen molar-refractivity contribution in [2.45, 2.75) is 6.92 Å².